The van der Waals surface area contributed by atoms with Crippen LogP contribution in [0, 0.1) is 0 Å². The fourth-order valence-corrected chi connectivity index (χ4v) is 1.27. The first-order chi connectivity index (χ1) is 8.63. The van der Waals surface area contributed by atoms with Crippen molar-refractivity contribution >= 4 is 17.7 Å². The van der Waals surface area contributed by atoms with Crippen LogP contribution in [0.15, 0.2) is 12.4 Å². The molecule has 0 atom stereocenters. The van der Waals surface area contributed by atoms with E-state index in [1.54, 1.807) is 0 Å². The largest absolute Gasteiger partial charge is 0.464 e. The molecule has 0 bridgehead atoms. The topological polar surface area (TPSA) is 107 Å². The molecule has 7 heteroatoms. The van der Waals surface area contributed by atoms with E-state index in [4.69, 9.17) is 5.73 Å². The molecule has 0 aromatic carbocycles. The first kappa shape index (κ1) is 13.9. The van der Waals surface area contributed by atoms with Crippen LogP contribution in [0.3, 0.4) is 0 Å². The lowest BCUT2D eigenvalue weighted by Gasteiger charge is -2.04. The lowest BCUT2D eigenvalue weighted by Crippen LogP contribution is -2.11. The van der Waals surface area contributed by atoms with Crippen molar-refractivity contribution in [2.24, 2.45) is 5.73 Å². The van der Waals surface area contributed by atoms with Crippen LogP contribution >= 0.6 is 0 Å². The van der Waals surface area contributed by atoms with Crippen LogP contribution < -0.4 is 11.1 Å². The van der Waals surface area contributed by atoms with Crippen molar-refractivity contribution in [3.8, 4) is 0 Å². The molecule has 0 aliphatic heterocycles. The predicted molar refractivity (Wildman–Crippen MR) is 64.9 cm³/mol. The molecule has 1 heterocycles. The summed E-state index contributed by atoms with van der Waals surface area (Å²) in [6.07, 6.45) is 4.73. The van der Waals surface area contributed by atoms with E-state index in [9.17, 15) is 9.59 Å². The van der Waals surface area contributed by atoms with Crippen LogP contribution in [0.4, 0.5) is 5.82 Å². The first-order valence-corrected chi connectivity index (χ1v) is 5.56. The average molecular weight is 252 g/mol. The number of nitrogens with zero attached hydrogens (tertiary/aromatic N) is 2. The number of hydrogen-bond donors (Lipinski definition) is 2. The molecule has 0 saturated carbocycles. The van der Waals surface area contributed by atoms with Gasteiger partial charge in [0.15, 0.2) is 5.69 Å². The normalized spacial score (nSPS) is 9.83. The van der Waals surface area contributed by atoms with Gasteiger partial charge >= 0.3 is 5.97 Å². The number of ether oxygens (including phenoxy) is 1. The number of hydrogen-bond acceptors (Lipinski definition) is 6. The second-order valence-corrected chi connectivity index (χ2v) is 3.63. The Morgan fingerprint density at radius 3 is 2.67 bits per heavy atom. The fourth-order valence-electron chi connectivity index (χ4n) is 1.27. The van der Waals surface area contributed by atoms with Gasteiger partial charge in [0.1, 0.15) is 5.82 Å². The Hall–Kier alpha value is -2.18. The van der Waals surface area contributed by atoms with Gasteiger partial charge in [-0.15, -0.1) is 0 Å². The maximum Gasteiger partial charge on any atom is 0.358 e. The van der Waals surface area contributed by atoms with Crippen molar-refractivity contribution < 1.29 is 14.3 Å². The van der Waals surface area contributed by atoms with Crippen molar-refractivity contribution in [2.75, 3.05) is 19.0 Å². The van der Waals surface area contributed by atoms with Gasteiger partial charge in [0.2, 0.25) is 5.91 Å². The zero-order chi connectivity index (χ0) is 13.4. The zero-order valence-electron chi connectivity index (χ0n) is 10.2. The third-order valence-electron chi connectivity index (χ3n) is 2.20. The Balaban J connectivity index is 2.31. The summed E-state index contributed by atoms with van der Waals surface area (Å²) in [5.74, 6) is -0.241. The molecule has 1 aromatic rings. The molecule has 0 aliphatic rings. The van der Waals surface area contributed by atoms with Crippen LogP contribution in [-0.4, -0.2) is 35.5 Å². The number of primary amides is 1. The standard InChI is InChI=1S/C11H16N4O3/c1-18-11(17)8-6-15-10(7-14-8)13-5-3-2-4-9(12)16/h6-7H,2-5H2,1H3,(H2,12,16)(H,13,15). The Morgan fingerprint density at radius 1 is 1.33 bits per heavy atom. The summed E-state index contributed by atoms with van der Waals surface area (Å²) >= 11 is 0. The number of carbonyl (C=O) groups excluding carboxylic acids is 2. The predicted octanol–water partition coefficient (Wildman–Crippen LogP) is 0.331. The minimum Gasteiger partial charge on any atom is -0.464 e. The molecule has 0 fully saturated rings. The molecule has 0 aliphatic carbocycles. The van der Waals surface area contributed by atoms with E-state index in [2.05, 4.69) is 20.0 Å². The van der Waals surface area contributed by atoms with Gasteiger partial charge in [-0.05, 0) is 12.8 Å². The summed E-state index contributed by atoms with van der Waals surface area (Å²) in [4.78, 5) is 29.5. The minimum absolute atomic E-state index is 0.164. The number of amides is 1. The van der Waals surface area contributed by atoms with Gasteiger partial charge in [-0.3, -0.25) is 4.79 Å². The number of unbranched alkanes of at least 4 members (excludes halogenated alkanes) is 1. The lowest BCUT2D eigenvalue weighted by atomic mass is 10.2. The molecule has 98 valence electrons. The van der Waals surface area contributed by atoms with Crippen LogP contribution in [0.1, 0.15) is 29.8 Å². The summed E-state index contributed by atoms with van der Waals surface area (Å²) in [5, 5.41) is 3.02. The van der Waals surface area contributed by atoms with Crippen LogP contribution in [0.5, 0.6) is 0 Å². The molecule has 0 spiro atoms. The summed E-state index contributed by atoms with van der Waals surface area (Å²) in [7, 11) is 1.29. The molecular weight excluding hydrogens is 236 g/mol. The van der Waals surface area contributed by atoms with E-state index in [1.807, 2.05) is 0 Å². The highest BCUT2D eigenvalue weighted by Crippen LogP contribution is 2.03. The van der Waals surface area contributed by atoms with Crippen molar-refractivity contribution in [3.63, 3.8) is 0 Å². The van der Waals surface area contributed by atoms with E-state index in [-0.39, 0.29) is 11.6 Å². The third kappa shape index (κ3) is 4.77. The number of esters is 1. The number of methoxy groups -OCH3 is 1. The highest BCUT2D eigenvalue weighted by atomic mass is 16.5. The van der Waals surface area contributed by atoms with Gasteiger partial charge < -0.3 is 15.8 Å². The van der Waals surface area contributed by atoms with Crippen molar-refractivity contribution in [3.05, 3.63) is 18.1 Å². The lowest BCUT2D eigenvalue weighted by molar-refractivity contribution is -0.118. The molecule has 1 amide bonds. The second kappa shape index (κ2) is 7.21. The molecule has 18 heavy (non-hydrogen) atoms. The van der Waals surface area contributed by atoms with E-state index in [0.29, 0.717) is 18.8 Å². The molecule has 1 aromatic heterocycles. The molecular formula is C11H16N4O3. The van der Waals surface area contributed by atoms with Gasteiger partial charge in [0.05, 0.1) is 19.5 Å². The molecule has 3 N–H and O–H groups in total. The van der Waals surface area contributed by atoms with E-state index < -0.39 is 5.97 Å². The van der Waals surface area contributed by atoms with Crippen molar-refractivity contribution in [2.45, 2.75) is 19.3 Å². The molecule has 0 radical (unpaired) electrons. The summed E-state index contributed by atoms with van der Waals surface area (Å²) in [6, 6.07) is 0. The Kier molecular flexibility index (Phi) is 5.56. The SMILES string of the molecule is COC(=O)c1cnc(NCCCCC(N)=O)cn1. The van der Waals surface area contributed by atoms with Gasteiger partial charge in [-0.1, -0.05) is 0 Å². The smallest absolute Gasteiger partial charge is 0.358 e. The Morgan fingerprint density at radius 2 is 2.11 bits per heavy atom. The van der Waals surface area contributed by atoms with Gasteiger partial charge in [-0.2, -0.15) is 0 Å². The zero-order valence-corrected chi connectivity index (χ0v) is 10.2. The molecule has 0 unspecified atom stereocenters. The quantitative estimate of drug-likeness (QED) is 0.535. The highest BCUT2D eigenvalue weighted by Gasteiger charge is 2.06. The van der Waals surface area contributed by atoms with Gasteiger partial charge in [-0.25, -0.2) is 14.8 Å². The van der Waals surface area contributed by atoms with E-state index in [0.717, 1.165) is 12.8 Å². The Bertz CT molecular complexity index is 405. The van der Waals surface area contributed by atoms with Crippen molar-refractivity contribution in [1.82, 2.24) is 9.97 Å². The van der Waals surface area contributed by atoms with E-state index >= 15 is 0 Å². The van der Waals surface area contributed by atoms with Gasteiger partial charge in [0.25, 0.3) is 0 Å². The highest BCUT2D eigenvalue weighted by molar-refractivity contribution is 5.86. The monoisotopic (exact) mass is 252 g/mol. The number of nitrogens with two attached hydrogens (primary N) is 1. The fraction of sp³-hybridized carbons (Fsp3) is 0.455. The third-order valence-corrected chi connectivity index (χ3v) is 2.20. The second-order valence-electron chi connectivity index (χ2n) is 3.63. The molecule has 7 nitrogen and oxygen atoms in total. The maximum atomic E-state index is 11.1. The summed E-state index contributed by atoms with van der Waals surface area (Å²) in [6.45, 7) is 0.666. The summed E-state index contributed by atoms with van der Waals surface area (Å²) in [5.41, 5.74) is 5.18. The number of rotatable bonds is 7. The van der Waals surface area contributed by atoms with Gasteiger partial charge in [0, 0.05) is 13.0 Å². The number of aromatic nitrogens is 2. The van der Waals surface area contributed by atoms with Crippen LogP contribution in [0.25, 0.3) is 0 Å². The maximum absolute atomic E-state index is 11.1. The Labute approximate surface area is 105 Å². The number of anilines is 1. The van der Waals surface area contributed by atoms with Crippen molar-refractivity contribution in [1.29, 1.82) is 0 Å². The molecule has 0 saturated heterocycles. The van der Waals surface area contributed by atoms with Crippen LogP contribution in [-0.2, 0) is 9.53 Å². The first-order valence-electron chi connectivity index (χ1n) is 5.56. The average Bonchev–Trinajstić information content (AvgIpc) is 2.38. The summed E-state index contributed by atoms with van der Waals surface area (Å²) < 4.78 is 4.51. The van der Waals surface area contributed by atoms with E-state index in [1.165, 1.54) is 19.5 Å². The molecule has 1 rings (SSSR count). The minimum atomic E-state index is -0.518. The van der Waals surface area contributed by atoms with Crippen LogP contribution in [0.2, 0.25) is 0 Å². The number of carbonyl (C=O) groups is 2. The number of nitrogens with one attached hydrogen (secondary N) is 1.